The number of nitrogens with zero attached hydrogens (tertiary/aromatic N) is 2. The van der Waals surface area contributed by atoms with E-state index in [0.717, 1.165) is 0 Å². The van der Waals surface area contributed by atoms with Gasteiger partial charge in [-0.05, 0) is 54.1 Å². The predicted molar refractivity (Wildman–Crippen MR) is 103 cm³/mol. The molecule has 1 aromatic heterocycles. The summed E-state index contributed by atoms with van der Waals surface area (Å²) < 4.78 is 39.7. The van der Waals surface area contributed by atoms with Crippen LogP contribution in [0, 0.1) is 5.82 Å². The van der Waals surface area contributed by atoms with Crippen molar-refractivity contribution in [1.29, 1.82) is 0 Å². The van der Waals surface area contributed by atoms with E-state index in [0.29, 0.717) is 11.3 Å². The first-order chi connectivity index (χ1) is 13.4. The van der Waals surface area contributed by atoms with E-state index in [4.69, 9.17) is 0 Å². The minimum absolute atomic E-state index is 0.000179. The molecule has 1 heterocycles. The van der Waals surface area contributed by atoms with Gasteiger partial charge in [-0.2, -0.15) is 0 Å². The molecule has 0 aliphatic carbocycles. The number of nitrogens with one attached hydrogen (secondary N) is 2. The Bertz CT molecular complexity index is 1080. The van der Waals surface area contributed by atoms with E-state index < -0.39 is 15.9 Å². The summed E-state index contributed by atoms with van der Waals surface area (Å²) in [5.41, 5.74) is 1.09. The standard InChI is InChI=1S/C19H15FN4O3S/c20-15-5-2-14(3-6-15)4-11-18(25)23-16-7-9-17(10-8-16)28(26,27)24-19-21-12-1-13-22-19/h1-13H,(H,23,25)(H,21,22,24)/b11-4+. The Labute approximate surface area is 161 Å². The van der Waals surface area contributed by atoms with Crippen molar-refractivity contribution in [2.24, 2.45) is 0 Å². The average Bonchev–Trinajstić information content (AvgIpc) is 2.68. The molecule has 3 aromatic rings. The largest absolute Gasteiger partial charge is 0.323 e. The minimum Gasteiger partial charge on any atom is -0.323 e. The Hall–Kier alpha value is -3.59. The summed E-state index contributed by atoms with van der Waals surface area (Å²) in [5.74, 6) is -0.800. The molecule has 0 aliphatic heterocycles. The van der Waals surface area contributed by atoms with Crippen molar-refractivity contribution < 1.29 is 17.6 Å². The number of benzene rings is 2. The number of hydrogen-bond donors (Lipinski definition) is 2. The molecule has 2 N–H and O–H groups in total. The molecule has 0 spiro atoms. The highest BCUT2D eigenvalue weighted by Crippen LogP contribution is 2.16. The van der Waals surface area contributed by atoms with Crippen molar-refractivity contribution in [3.05, 3.63) is 84.4 Å². The zero-order chi connectivity index (χ0) is 20.0. The highest BCUT2D eigenvalue weighted by atomic mass is 32.2. The van der Waals surface area contributed by atoms with Crippen molar-refractivity contribution in [3.63, 3.8) is 0 Å². The Morgan fingerprint density at radius 3 is 2.25 bits per heavy atom. The zero-order valence-corrected chi connectivity index (χ0v) is 15.2. The molecule has 0 atom stereocenters. The molecule has 0 saturated heterocycles. The van der Waals surface area contributed by atoms with Crippen LogP contribution in [0.15, 0.2) is 78.0 Å². The minimum atomic E-state index is -3.84. The number of carbonyl (C=O) groups excluding carboxylic acids is 1. The normalized spacial score (nSPS) is 11.3. The summed E-state index contributed by atoms with van der Waals surface area (Å²) >= 11 is 0. The van der Waals surface area contributed by atoms with Gasteiger partial charge in [-0.3, -0.25) is 4.79 Å². The number of rotatable bonds is 6. The van der Waals surface area contributed by atoms with E-state index in [1.165, 1.54) is 60.9 Å². The molecule has 2 aromatic carbocycles. The van der Waals surface area contributed by atoms with Crippen LogP contribution >= 0.6 is 0 Å². The molecule has 0 radical (unpaired) electrons. The highest BCUT2D eigenvalue weighted by Gasteiger charge is 2.15. The summed E-state index contributed by atoms with van der Waals surface area (Å²) in [6.07, 6.45) is 5.68. The molecule has 0 bridgehead atoms. The van der Waals surface area contributed by atoms with Gasteiger partial charge in [0, 0.05) is 24.2 Å². The van der Waals surface area contributed by atoms with Crippen LogP contribution in [0.2, 0.25) is 0 Å². The lowest BCUT2D eigenvalue weighted by molar-refractivity contribution is -0.111. The highest BCUT2D eigenvalue weighted by molar-refractivity contribution is 7.92. The van der Waals surface area contributed by atoms with Gasteiger partial charge in [-0.15, -0.1) is 0 Å². The fourth-order valence-corrected chi connectivity index (χ4v) is 3.14. The molecular weight excluding hydrogens is 383 g/mol. The van der Waals surface area contributed by atoms with Crippen LogP contribution in [0.1, 0.15) is 5.56 Å². The summed E-state index contributed by atoms with van der Waals surface area (Å²) in [6, 6.07) is 12.9. The van der Waals surface area contributed by atoms with E-state index in [2.05, 4.69) is 20.0 Å². The number of anilines is 2. The van der Waals surface area contributed by atoms with E-state index >= 15 is 0 Å². The zero-order valence-electron chi connectivity index (χ0n) is 14.4. The number of hydrogen-bond acceptors (Lipinski definition) is 5. The smallest absolute Gasteiger partial charge is 0.264 e. The molecule has 3 rings (SSSR count). The fraction of sp³-hybridized carbons (Fsp3) is 0. The maximum atomic E-state index is 12.9. The van der Waals surface area contributed by atoms with Crippen LogP contribution in [0.5, 0.6) is 0 Å². The van der Waals surface area contributed by atoms with Crippen molar-refractivity contribution in [2.45, 2.75) is 4.90 Å². The SMILES string of the molecule is O=C(/C=C/c1ccc(F)cc1)Nc1ccc(S(=O)(=O)Nc2ncccn2)cc1. The molecular formula is C19H15FN4O3S. The van der Waals surface area contributed by atoms with Crippen molar-refractivity contribution >= 4 is 33.6 Å². The number of carbonyl (C=O) groups is 1. The first-order valence-corrected chi connectivity index (χ1v) is 9.55. The summed E-state index contributed by atoms with van der Waals surface area (Å²) in [7, 11) is -3.84. The second-order valence-electron chi connectivity index (χ2n) is 5.58. The Balaban J connectivity index is 1.63. The first-order valence-electron chi connectivity index (χ1n) is 8.07. The van der Waals surface area contributed by atoms with Crippen molar-refractivity contribution in [1.82, 2.24) is 9.97 Å². The van der Waals surface area contributed by atoms with Crippen molar-refractivity contribution in [2.75, 3.05) is 10.0 Å². The molecule has 0 aliphatic rings. The predicted octanol–water partition coefficient (Wildman–Crippen LogP) is 3.07. The number of halogens is 1. The fourth-order valence-electron chi connectivity index (χ4n) is 2.18. The summed E-state index contributed by atoms with van der Waals surface area (Å²) in [6.45, 7) is 0. The van der Waals surface area contributed by atoms with Gasteiger partial charge >= 0.3 is 0 Å². The van der Waals surface area contributed by atoms with Crippen LogP contribution in [-0.4, -0.2) is 24.3 Å². The lowest BCUT2D eigenvalue weighted by Crippen LogP contribution is -2.15. The van der Waals surface area contributed by atoms with Crippen LogP contribution < -0.4 is 10.0 Å². The molecule has 7 nitrogen and oxygen atoms in total. The lowest BCUT2D eigenvalue weighted by atomic mass is 10.2. The first kappa shape index (κ1) is 19.2. The monoisotopic (exact) mass is 398 g/mol. The quantitative estimate of drug-likeness (QED) is 0.622. The van der Waals surface area contributed by atoms with Crippen LogP contribution in [-0.2, 0) is 14.8 Å². The van der Waals surface area contributed by atoms with Crippen LogP contribution in [0.4, 0.5) is 16.0 Å². The summed E-state index contributed by atoms with van der Waals surface area (Å²) in [4.78, 5) is 19.6. The van der Waals surface area contributed by atoms with E-state index in [1.807, 2.05) is 0 Å². The molecule has 28 heavy (non-hydrogen) atoms. The second kappa shape index (κ2) is 8.40. The van der Waals surface area contributed by atoms with E-state index in [-0.39, 0.29) is 16.7 Å². The third kappa shape index (κ3) is 5.21. The van der Waals surface area contributed by atoms with Crippen LogP contribution in [0.25, 0.3) is 6.08 Å². The molecule has 0 saturated carbocycles. The topological polar surface area (TPSA) is 101 Å². The second-order valence-corrected chi connectivity index (χ2v) is 7.26. The lowest BCUT2D eigenvalue weighted by Gasteiger charge is -2.07. The molecule has 0 fully saturated rings. The molecule has 142 valence electrons. The Morgan fingerprint density at radius 1 is 0.964 bits per heavy atom. The van der Waals surface area contributed by atoms with Gasteiger partial charge in [0.2, 0.25) is 11.9 Å². The van der Waals surface area contributed by atoms with E-state index in [9.17, 15) is 17.6 Å². The van der Waals surface area contributed by atoms with Gasteiger partial charge in [-0.25, -0.2) is 27.5 Å². The average molecular weight is 398 g/mol. The number of amides is 1. The van der Waals surface area contributed by atoms with Gasteiger partial charge in [0.05, 0.1) is 4.90 Å². The van der Waals surface area contributed by atoms with Gasteiger partial charge in [-0.1, -0.05) is 12.1 Å². The molecule has 9 heteroatoms. The number of sulfonamides is 1. The maximum absolute atomic E-state index is 12.9. The van der Waals surface area contributed by atoms with Crippen LogP contribution in [0.3, 0.4) is 0 Å². The third-order valence-electron chi connectivity index (χ3n) is 3.52. The Kier molecular flexibility index (Phi) is 5.75. The van der Waals surface area contributed by atoms with Crippen molar-refractivity contribution in [3.8, 4) is 0 Å². The van der Waals surface area contributed by atoms with Gasteiger partial charge in [0.25, 0.3) is 10.0 Å². The molecule has 0 unspecified atom stereocenters. The third-order valence-corrected chi connectivity index (χ3v) is 4.86. The Morgan fingerprint density at radius 2 is 1.61 bits per heavy atom. The van der Waals surface area contributed by atoms with Gasteiger partial charge < -0.3 is 5.32 Å². The summed E-state index contributed by atoms with van der Waals surface area (Å²) in [5, 5.41) is 2.61. The van der Waals surface area contributed by atoms with Gasteiger partial charge in [0.1, 0.15) is 5.82 Å². The maximum Gasteiger partial charge on any atom is 0.264 e. The molecule has 1 amide bonds. The van der Waals surface area contributed by atoms with E-state index in [1.54, 1.807) is 18.2 Å². The number of aromatic nitrogens is 2. The van der Waals surface area contributed by atoms with Gasteiger partial charge in [0.15, 0.2) is 0 Å².